The standard InChI is InChI=1S/C22H24BrN3O6/c1-4-29-19-8-14(7-16(23)21(19)32-13(2)3)10-25-26-20(27)11-24-22(28)15-5-6-17-18(9-15)31-12-30-17/h5-10,13H,4,11-12H2,1-3H3,(H,24,28)(H,26,27). The lowest BCUT2D eigenvalue weighted by atomic mass is 10.2. The predicted molar refractivity (Wildman–Crippen MR) is 122 cm³/mol. The molecule has 0 bridgehead atoms. The lowest BCUT2D eigenvalue weighted by Gasteiger charge is -2.16. The van der Waals surface area contributed by atoms with Gasteiger partial charge in [-0.25, -0.2) is 5.43 Å². The minimum absolute atomic E-state index is 0.0165. The van der Waals surface area contributed by atoms with Crippen molar-refractivity contribution in [2.75, 3.05) is 19.9 Å². The molecule has 0 spiro atoms. The van der Waals surface area contributed by atoms with Crippen LogP contribution < -0.4 is 29.7 Å². The summed E-state index contributed by atoms with van der Waals surface area (Å²) in [4.78, 5) is 24.3. The average molecular weight is 506 g/mol. The van der Waals surface area contributed by atoms with Gasteiger partial charge in [0.1, 0.15) is 0 Å². The number of rotatable bonds is 9. The summed E-state index contributed by atoms with van der Waals surface area (Å²) in [5.74, 6) is 1.37. The minimum atomic E-state index is -0.473. The maximum absolute atomic E-state index is 12.2. The van der Waals surface area contributed by atoms with Crippen molar-refractivity contribution < 1.29 is 28.5 Å². The third-order valence-corrected chi connectivity index (χ3v) is 4.72. The number of carbonyl (C=O) groups is 2. The van der Waals surface area contributed by atoms with Crippen LogP contribution in [0.4, 0.5) is 0 Å². The number of hydrazone groups is 1. The molecule has 0 saturated heterocycles. The molecule has 0 radical (unpaired) electrons. The van der Waals surface area contributed by atoms with Crippen LogP contribution in [0.1, 0.15) is 36.7 Å². The maximum atomic E-state index is 12.2. The Morgan fingerprint density at radius 3 is 2.75 bits per heavy atom. The summed E-state index contributed by atoms with van der Waals surface area (Å²) in [6.07, 6.45) is 1.46. The normalized spacial score (nSPS) is 12.2. The third-order valence-electron chi connectivity index (χ3n) is 4.13. The number of fused-ring (bicyclic) bond motifs is 1. The first-order chi connectivity index (χ1) is 15.4. The third kappa shape index (κ3) is 6.13. The largest absolute Gasteiger partial charge is 0.490 e. The van der Waals surface area contributed by atoms with Gasteiger partial charge < -0.3 is 24.3 Å². The van der Waals surface area contributed by atoms with Crippen molar-refractivity contribution in [2.24, 2.45) is 5.10 Å². The zero-order valence-corrected chi connectivity index (χ0v) is 19.5. The molecule has 32 heavy (non-hydrogen) atoms. The second-order valence-electron chi connectivity index (χ2n) is 6.97. The fourth-order valence-electron chi connectivity index (χ4n) is 2.79. The molecule has 1 aliphatic heterocycles. The van der Waals surface area contributed by atoms with Gasteiger partial charge in [-0.2, -0.15) is 5.10 Å². The first-order valence-corrected chi connectivity index (χ1v) is 10.8. The zero-order valence-electron chi connectivity index (χ0n) is 17.9. The highest BCUT2D eigenvalue weighted by molar-refractivity contribution is 9.10. The smallest absolute Gasteiger partial charge is 0.259 e. The van der Waals surface area contributed by atoms with Crippen LogP contribution in [0.3, 0.4) is 0 Å². The highest BCUT2D eigenvalue weighted by atomic mass is 79.9. The van der Waals surface area contributed by atoms with E-state index in [-0.39, 0.29) is 19.4 Å². The molecule has 3 rings (SSSR count). The summed E-state index contributed by atoms with van der Waals surface area (Å²) in [6, 6.07) is 8.38. The van der Waals surface area contributed by atoms with Gasteiger partial charge in [0.15, 0.2) is 23.0 Å². The van der Waals surface area contributed by atoms with Crippen LogP contribution in [0, 0.1) is 0 Å². The van der Waals surface area contributed by atoms with Crippen LogP contribution >= 0.6 is 15.9 Å². The zero-order chi connectivity index (χ0) is 23.1. The monoisotopic (exact) mass is 505 g/mol. The summed E-state index contributed by atoms with van der Waals surface area (Å²) in [5, 5.41) is 6.48. The van der Waals surface area contributed by atoms with E-state index < -0.39 is 11.8 Å². The van der Waals surface area contributed by atoms with Gasteiger partial charge in [0.2, 0.25) is 6.79 Å². The van der Waals surface area contributed by atoms with E-state index in [2.05, 4.69) is 31.8 Å². The number of hydrogen-bond donors (Lipinski definition) is 2. The van der Waals surface area contributed by atoms with Crippen LogP contribution in [0.5, 0.6) is 23.0 Å². The van der Waals surface area contributed by atoms with Gasteiger partial charge in [0.25, 0.3) is 11.8 Å². The Hall–Kier alpha value is -3.27. The lowest BCUT2D eigenvalue weighted by Crippen LogP contribution is -2.34. The summed E-state index contributed by atoms with van der Waals surface area (Å²) in [5.41, 5.74) is 3.44. The molecule has 2 N–H and O–H groups in total. The quantitative estimate of drug-likeness (QED) is 0.400. The van der Waals surface area contributed by atoms with Crippen molar-refractivity contribution in [3.05, 3.63) is 45.9 Å². The second kappa shape index (κ2) is 10.9. The number of ether oxygens (including phenoxy) is 4. The van der Waals surface area contributed by atoms with E-state index in [1.807, 2.05) is 20.8 Å². The maximum Gasteiger partial charge on any atom is 0.259 e. The highest BCUT2D eigenvalue weighted by Crippen LogP contribution is 2.37. The van der Waals surface area contributed by atoms with Crippen LogP contribution in [-0.4, -0.2) is 44.1 Å². The number of carbonyl (C=O) groups excluding carboxylic acids is 2. The fourth-order valence-corrected chi connectivity index (χ4v) is 3.35. The van der Waals surface area contributed by atoms with E-state index in [0.29, 0.717) is 45.2 Å². The number of nitrogens with zero attached hydrogens (tertiary/aromatic N) is 1. The Labute approximate surface area is 194 Å². The number of nitrogens with one attached hydrogen (secondary N) is 2. The molecule has 2 amide bonds. The topological polar surface area (TPSA) is 107 Å². The van der Waals surface area contributed by atoms with Gasteiger partial charge in [0, 0.05) is 5.56 Å². The Morgan fingerprint density at radius 1 is 1.22 bits per heavy atom. The van der Waals surface area contributed by atoms with E-state index >= 15 is 0 Å². The van der Waals surface area contributed by atoms with Gasteiger partial charge in [0.05, 0.1) is 29.9 Å². The summed E-state index contributed by atoms with van der Waals surface area (Å²) in [6.45, 7) is 6.10. The summed E-state index contributed by atoms with van der Waals surface area (Å²) in [7, 11) is 0. The van der Waals surface area contributed by atoms with Crippen molar-refractivity contribution >= 4 is 34.0 Å². The van der Waals surface area contributed by atoms with E-state index in [0.717, 1.165) is 0 Å². The van der Waals surface area contributed by atoms with Gasteiger partial charge >= 0.3 is 0 Å². The van der Waals surface area contributed by atoms with E-state index in [1.165, 1.54) is 6.21 Å². The molecule has 0 aromatic heterocycles. The molecule has 0 saturated carbocycles. The SMILES string of the molecule is CCOc1cc(C=NNC(=O)CNC(=O)c2ccc3c(c2)OCO3)cc(Br)c1OC(C)C. The molecular formula is C22H24BrN3O6. The number of halogens is 1. The van der Waals surface area contributed by atoms with E-state index in [1.54, 1.807) is 30.3 Å². The highest BCUT2D eigenvalue weighted by Gasteiger charge is 2.17. The lowest BCUT2D eigenvalue weighted by molar-refractivity contribution is -0.120. The van der Waals surface area contributed by atoms with Crippen LogP contribution in [-0.2, 0) is 4.79 Å². The average Bonchev–Trinajstić information content (AvgIpc) is 3.22. The molecule has 170 valence electrons. The molecule has 0 unspecified atom stereocenters. The van der Waals surface area contributed by atoms with Crippen molar-refractivity contribution in [3.63, 3.8) is 0 Å². The van der Waals surface area contributed by atoms with Crippen LogP contribution in [0.25, 0.3) is 0 Å². The molecule has 0 atom stereocenters. The molecule has 0 fully saturated rings. The number of benzene rings is 2. The van der Waals surface area contributed by atoms with E-state index in [4.69, 9.17) is 18.9 Å². The summed E-state index contributed by atoms with van der Waals surface area (Å²) < 4.78 is 22.6. The van der Waals surface area contributed by atoms with Crippen LogP contribution in [0.2, 0.25) is 0 Å². The molecular weight excluding hydrogens is 482 g/mol. The molecule has 0 aliphatic carbocycles. The molecule has 9 nitrogen and oxygen atoms in total. The van der Waals surface area contributed by atoms with Gasteiger partial charge in [-0.3, -0.25) is 9.59 Å². The number of amides is 2. The van der Waals surface area contributed by atoms with Crippen molar-refractivity contribution in [2.45, 2.75) is 26.9 Å². The first-order valence-electron chi connectivity index (χ1n) is 10.00. The Morgan fingerprint density at radius 2 is 2.00 bits per heavy atom. The molecule has 10 heteroatoms. The second-order valence-corrected chi connectivity index (χ2v) is 7.83. The Balaban J connectivity index is 1.55. The van der Waals surface area contributed by atoms with Gasteiger partial charge in [-0.15, -0.1) is 0 Å². The Kier molecular flexibility index (Phi) is 7.93. The van der Waals surface area contributed by atoms with Crippen molar-refractivity contribution in [1.82, 2.24) is 10.7 Å². The minimum Gasteiger partial charge on any atom is -0.490 e. The summed E-state index contributed by atoms with van der Waals surface area (Å²) >= 11 is 3.48. The number of hydrogen-bond acceptors (Lipinski definition) is 7. The van der Waals surface area contributed by atoms with Crippen molar-refractivity contribution in [1.29, 1.82) is 0 Å². The molecule has 1 aliphatic rings. The Bertz CT molecular complexity index is 1020. The molecule has 2 aromatic rings. The molecule has 2 aromatic carbocycles. The van der Waals surface area contributed by atoms with Crippen LogP contribution in [0.15, 0.2) is 39.9 Å². The molecule has 1 heterocycles. The van der Waals surface area contributed by atoms with E-state index in [9.17, 15) is 9.59 Å². The predicted octanol–water partition coefficient (Wildman–Crippen LogP) is 3.24. The van der Waals surface area contributed by atoms with Gasteiger partial charge in [-0.1, -0.05) is 0 Å². The first kappa shape index (κ1) is 23.4. The van der Waals surface area contributed by atoms with Gasteiger partial charge in [-0.05, 0) is 72.6 Å². The van der Waals surface area contributed by atoms with Crippen molar-refractivity contribution in [3.8, 4) is 23.0 Å². The fraction of sp³-hybridized carbons (Fsp3) is 0.318.